The van der Waals surface area contributed by atoms with E-state index in [1.165, 1.54) is 49.0 Å². The molecule has 0 atom stereocenters. The lowest BCUT2D eigenvalue weighted by atomic mass is 9.95. The van der Waals surface area contributed by atoms with Gasteiger partial charge >= 0.3 is 0 Å². The lowest BCUT2D eigenvalue weighted by molar-refractivity contribution is 0.250. The van der Waals surface area contributed by atoms with Gasteiger partial charge in [-0.1, -0.05) is 49.6 Å². The molecule has 1 aliphatic carbocycles. The first kappa shape index (κ1) is 17.4. The Morgan fingerprint density at radius 1 is 0.769 bits per heavy atom. The molecular formula is C23H31N3. The normalized spacial score (nSPS) is 19.5. The first-order valence-corrected chi connectivity index (χ1v) is 10.2. The van der Waals surface area contributed by atoms with Crippen molar-refractivity contribution in [3.63, 3.8) is 0 Å². The van der Waals surface area contributed by atoms with Crippen LogP contribution in [0.4, 0.5) is 11.4 Å². The summed E-state index contributed by atoms with van der Waals surface area (Å²) in [6, 6.07) is 20.6. The largest absolute Gasteiger partial charge is 0.382 e. The third-order valence-corrected chi connectivity index (χ3v) is 5.83. The van der Waals surface area contributed by atoms with E-state index in [2.05, 4.69) is 69.7 Å². The van der Waals surface area contributed by atoms with Crippen molar-refractivity contribution >= 4 is 11.4 Å². The average molecular weight is 350 g/mol. The standard InChI is InChI=1S/C23H31N3/c1-3-7-20(8-4-1)19-25-15-17-26(18-16-25)23-13-11-22(12-14-23)24-21-9-5-2-6-10-21/h1,3-4,7-8,11-14,21,24H,2,5-6,9-10,15-19H2. The molecule has 0 aromatic heterocycles. The zero-order chi connectivity index (χ0) is 17.6. The van der Waals surface area contributed by atoms with Crippen LogP contribution >= 0.6 is 0 Å². The van der Waals surface area contributed by atoms with Crippen molar-refractivity contribution in [2.75, 3.05) is 36.4 Å². The molecule has 0 unspecified atom stereocenters. The van der Waals surface area contributed by atoms with E-state index >= 15 is 0 Å². The van der Waals surface area contributed by atoms with Crippen LogP contribution < -0.4 is 10.2 Å². The van der Waals surface area contributed by atoms with Crippen LogP contribution in [0.2, 0.25) is 0 Å². The maximum Gasteiger partial charge on any atom is 0.0368 e. The van der Waals surface area contributed by atoms with Gasteiger partial charge in [-0.3, -0.25) is 4.90 Å². The van der Waals surface area contributed by atoms with E-state index < -0.39 is 0 Å². The molecule has 2 aromatic rings. The minimum absolute atomic E-state index is 0.677. The summed E-state index contributed by atoms with van der Waals surface area (Å²) >= 11 is 0. The number of anilines is 2. The summed E-state index contributed by atoms with van der Waals surface area (Å²) in [6.45, 7) is 5.57. The molecule has 2 aromatic carbocycles. The van der Waals surface area contributed by atoms with Crippen molar-refractivity contribution < 1.29 is 0 Å². The molecule has 1 saturated carbocycles. The topological polar surface area (TPSA) is 18.5 Å². The van der Waals surface area contributed by atoms with Gasteiger partial charge in [0.25, 0.3) is 0 Å². The van der Waals surface area contributed by atoms with Crippen LogP contribution in [-0.4, -0.2) is 37.1 Å². The molecule has 2 fully saturated rings. The van der Waals surface area contributed by atoms with Crippen LogP contribution in [0.25, 0.3) is 0 Å². The Balaban J connectivity index is 1.27. The SMILES string of the molecule is c1ccc(CN2CCN(c3ccc(NC4CCCCC4)cc3)CC2)cc1. The number of nitrogens with zero attached hydrogens (tertiary/aromatic N) is 2. The second-order valence-corrected chi connectivity index (χ2v) is 7.77. The molecule has 0 spiro atoms. The van der Waals surface area contributed by atoms with Gasteiger partial charge in [-0.05, 0) is 42.7 Å². The molecule has 26 heavy (non-hydrogen) atoms. The number of nitrogens with one attached hydrogen (secondary N) is 1. The summed E-state index contributed by atoms with van der Waals surface area (Å²) in [7, 11) is 0. The summed E-state index contributed by atoms with van der Waals surface area (Å²) in [6.07, 6.45) is 6.82. The Morgan fingerprint density at radius 2 is 1.46 bits per heavy atom. The summed E-state index contributed by atoms with van der Waals surface area (Å²) in [4.78, 5) is 5.08. The summed E-state index contributed by atoms with van der Waals surface area (Å²) in [5, 5.41) is 3.72. The van der Waals surface area contributed by atoms with Crippen molar-refractivity contribution in [3.05, 3.63) is 60.2 Å². The van der Waals surface area contributed by atoms with E-state index in [4.69, 9.17) is 0 Å². The predicted octanol–water partition coefficient (Wildman–Crippen LogP) is 4.75. The third-order valence-electron chi connectivity index (χ3n) is 5.83. The van der Waals surface area contributed by atoms with E-state index in [-0.39, 0.29) is 0 Å². The second kappa shape index (κ2) is 8.59. The van der Waals surface area contributed by atoms with E-state index in [1.807, 2.05) is 0 Å². The Hall–Kier alpha value is -2.00. The molecule has 1 heterocycles. The van der Waals surface area contributed by atoms with Gasteiger partial charge in [0.1, 0.15) is 0 Å². The van der Waals surface area contributed by atoms with Gasteiger partial charge in [0.05, 0.1) is 0 Å². The molecule has 0 amide bonds. The van der Waals surface area contributed by atoms with Crippen molar-refractivity contribution in [2.24, 2.45) is 0 Å². The van der Waals surface area contributed by atoms with Crippen molar-refractivity contribution in [1.82, 2.24) is 4.90 Å². The van der Waals surface area contributed by atoms with E-state index in [0.717, 1.165) is 32.7 Å². The number of hydrogen-bond donors (Lipinski definition) is 1. The van der Waals surface area contributed by atoms with Crippen molar-refractivity contribution in [1.29, 1.82) is 0 Å². The fourth-order valence-corrected chi connectivity index (χ4v) is 4.26. The first-order valence-electron chi connectivity index (χ1n) is 10.2. The second-order valence-electron chi connectivity index (χ2n) is 7.77. The quantitative estimate of drug-likeness (QED) is 0.840. The van der Waals surface area contributed by atoms with Gasteiger partial charge in [0.2, 0.25) is 0 Å². The van der Waals surface area contributed by atoms with Gasteiger partial charge in [-0.25, -0.2) is 0 Å². The third kappa shape index (κ3) is 4.59. The summed E-state index contributed by atoms with van der Waals surface area (Å²) < 4.78 is 0. The Morgan fingerprint density at radius 3 is 2.15 bits per heavy atom. The monoisotopic (exact) mass is 349 g/mol. The highest BCUT2D eigenvalue weighted by Gasteiger charge is 2.18. The van der Waals surface area contributed by atoms with Crippen molar-refractivity contribution in [2.45, 2.75) is 44.7 Å². The minimum Gasteiger partial charge on any atom is -0.382 e. The zero-order valence-electron chi connectivity index (χ0n) is 15.7. The lowest BCUT2D eigenvalue weighted by Crippen LogP contribution is -2.45. The zero-order valence-corrected chi connectivity index (χ0v) is 15.7. The van der Waals surface area contributed by atoms with Gasteiger partial charge in [-0.15, -0.1) is 0 Å². The molecule has 3 nitrogen and oxygen atoms in total. The Kier molecular flexibility index (Phi) is 5.75. The minimum atomic E-state index is 0.677. The Bertz CT molecular complexity index is 654. The fraction of sp³-hybridized carbons (Fsp3) is 0.478. The molecule has 4 rings (SSSR count). The summed E-state index contributed by atoms with van der Waals surface area (Å²) in [5.74, 6) is 0. The van der Waals surface area contributed by atoms with Crippen LogP contribution in [-0.2, 0) is 6.54 Å². The molecule has 2 aliphatic rings. The number of hydrogen-bond acceptors (Lipinski definition) is 3. The van der Waals surface area contributed by atoms with Crippen LogP contribution in [0.3, 0.4) is 0 Å². The lowest BCUT2D eigenvalue weighted by Gasteiger charge is -2.36. The molecule has 0 bridgehead atoms. The van der Waals surface area contributed by atoms with Crippen LogP contribution in [0.15, 0.2) is 54.6 Å². The van der Waals surface area contributed by atoms with E-state index in [9.17, 15) is 0 Å². The molecule has 3 heteroatoms. The highest BCUT2D eigenvalue weighted by molar-refractivity contribution is 5.55. The molecule has 0 radical (unpaired) electrons. The van der Waals surface area contributed by atoms with Crippen LogP contribution in [0.5, 0.6) is 0 Å². The maximum atomic E-state index is 3.72. The number of benzene rings is 2. The van der Waals surface area contributed by atoms with Gasteiger partial charge in [0, 0.05) is 50.1 Å². The highest BCUT2D eigenvalue weighted by atomic mass is 15.3. The molecular weight excluding hydrogens is 318 g/mol. The molecule has 1 saturated heterocycles. The average Bonchev–Trinajstić information content (AvgIpc) is 2.71. The van der Waals surface area contributed by atoms with Crippen LogP contribution in [0, 0.1) is 0 Å². The van der Waals surface area contributed by atoms with Crippen molar-refractivity contribution in [3.8, 4) is 0 Å². The predicted molar refractivity (Wildman–Crippen MR) is 111 cm³/mol. The van der Waals surface area contributed by atoms with Gasteiger partial charge < -0.3 is 10.2 Å². The molecule has 138 valence electrons. The van der Waals surface area contributed by atoms with E-state index in [1.54, 1.807) is 0 Å². The van der Waals surface area contributed by atoms with Crippen LogP contribution in [0.1, 0.15) is 37.7 Å². The first-order chi connectivity index (χ1) is 12.9. The highest BCUT2D eigenvalue weighted by Crippen LogP contribution is 2.24. The maximum absolute atomic E-state index is 3.72. The van der Waals surface area contributed by atoms with Gasteiger partial charge in [-0.2, -0.15) is 0 Å². The van der Waals surface area contributed by atoms with E-state index in [0.29, 0.717) is 6.04 Å². The Labute approximate surface area is 158 Å². The number of piperazine rings is 1. The summed E-state index contributed by atoms with van der Waals surface area (Å²) in [5.41, 5.74) is 4.06. The molecule has 1 N–H and O–H groups in total. The number of rotatable bonds is 5. The smallest absolute Gasteiger partial charge is 0.0368 e. The van der Waals surface area contributed by atoms with Gasteiger partial charge in [0.15, 0.2) is 0 Å². The fourth-order valence-electron chi connectivity index (χ4n) is 4.26. The molecule has 1 aliphatic heterocycles.